The Morgan fingerprint density at radius 3 is 2.57 bits per heavy atom. The number of guanidine groups is 1. The van der Waals surface area contributed by atoms with Crippen molar-refractivity contribution in [3.05, 3.63) is 29.8 Å². The number of hydrogen-bond acceptors (Lipinski definition) is 4. The third-order valence-corrected chi connectivity index (χ3v) is 6.06. The molecule has 1 aliphatic rings. The van der Waals surface area contributed by atoms with Gasteiger partial charge in [0.1, 0.15) is 5.75 Å². The van der Waals surface area contributed by atoms with Crippen molar-refractivity contribution in [2.45, 2.75) is 45.1 Å². The van der Waals surface area contributed by atoms with Gasteiger partial charge in [0.2, 0.25) is 0 Å². The van der Waals surface area contributed by atoms with Crippen LogP contribution in [0, 0.1) is 5.41 Å². The van der Waals surface area contributed by atoms with Crippen molar-refractivity contribution in [2.75, 3.05) is 54.6 Å². The number of hydrogen-bond donors (Lipinski definition) is 2. The van der Waals surface area contributed by atoms with E-state index in [-0.39, 0.29) is 30.0 Å². The van der Waals surface area contributed by atoms with Crippen molar-refractivity contribution in [1.82, 2.24) is 15.5 Å². The fourth-order valence-corrected chi connectivity index (χ4v) is 4.21. The third kappa shape index (κ3) is 8.23. The Hall–Kier alpha value is -1.06. The number of halogens is 1. The van der Waals surface area contributed by atoms with Gasteiger partial charge in [-0.05, 0) is 63.4 Å². The van der Waals surface area contributed by atoms with Gasteiger partial charge in [0.05, 0.1) is 13.2 Å². The Balaban J connectivity index is 0.00000450. The topological polar surface area (TPSA) is 58.1 Å². The molecule has 0 aromatic heterocycles. The van der Waals surface area contributed by atoms with Crippen molar-refractivity contribution in [2.24, 2.45) is 10.4 Å². The Kier molecular flexibility index (Phi) is 12.7. The van der Waals surface area contributed by atoms with Crippen LogP contribution >= 0.6 is 24.0 Å². The molecule has 30 heavy (non-hydrogen) atoms. The summed E-state index contributed by atoms with van der Waals surface area (Å²) in [6.07, 6.45) is 6.30. The Labute approximate surface area is 200 Å². The number of aliphatic imine (C=N–C) groups is 1. The van der Waals surface area contributed by atoms with E-state index in [1.54, 1.807) is 7.11 Å². The summed E-state index contributed by atoms with van der Waals surface area (Å²) in [6.45, 7) is 5.43. The van der Waals surface area contributed by atoms with Gasteiger partial charge < -0.3 is 25.0 Å². The lowest BCUT2D eigenvalue weighted by atomic mass is 9.83. The van der Waals surface area contributed by atoms with E-state index in [4.69, 9.17) is 9.47 Å². The van der Waals surface area contributed by atoms with Crippen molar-refractivity contribution >= 4 is 29.9 Å². The van der Waals surface area contributed by atoms with Gasteiger partial charge in [-0.3, -0.25) is 4.99 Å². The first-order valence-corrected chi connectivity index (χ1v) is 10.9. The SMILES string of the molecule is CCOCCC1(CNC(=NC)NCC(c2cccc(OC)c2)N(C)C)CCCC1.I. The summed E-state index contributed by atoms with van der Waals surface area (Å²) in [5, 5.41) is 7.11. The summed E-state index contributed by atoms with van der Waals surface area (Å²) in [4.78, 5) is 6.67. The quantitative estimate of drug-likeness (QED) is 0.195. The predicted octanol–water partition coefficient (Wildman–Crippen LogP) is 4.07. The van der Waals surface area contributed by atoms with Crippen LogP contribution in [0.5, 0.6) is 5.75 Å². The zero-order valence-electron chi connectivity index (χ0n) is 19.4. The zero-order chi connectivity index (χ0) is 21.1. The van der Waals surface area contributed by atoms with Crippen LogP contribution in [0.4, 0.5) is 0 Å². The van der Waals surface area contributed by atoms with Crippen molar-refractivity contribution in [1.29, 1.82) is 0 Å². The van der Waals surface area contributed by atoms with Gasteiger partial charge in [-0.2, -0.15) is 0 Å². The Morgan fingerprint density at radius 2 is 1.97 bits per heavy atom. The van der Waals surface area contributed by atoms with E-state index >= 15 is 0 Å². The molecule has 1 aromatic carbocycles. The van der Waals surface area contributed by atoms with Gasteiger partial charge in [-0.15, -0.1) is 24.0 Å². The summed E-state index contributed by atoms with van der Waals surface area (Å²) in [7, 11) is 7.75. The third-order valence-electron chi connectivity index (χ3n) is 6.06. The normalized spacial score (nSPS) is 16.8. The zero-order valence-corrected chi connectivity index (χ0v) is 21.7. The van der Waals surface area contributed by atoms with E-state index in [1.165, 1.54) is 31.2 Å². The van der Waals surface area contributed by atoms with Gasteiger partial charge in [-0.25, -0.2) is 0 Å². The molecule has 1 aliphatic carbocycles. The highest BCUT2D eigenvalue weighted by Crippen LogP contribution is 2.40. The van der Waals surface area contributed by atoms with Crippen LogP contribution < -0.4 is 15.4 Å². The summed E-state index contributed by atoms with van der Waals surface area (Å²) < 4.78 is 11.0. The summed E-state index contributed by atoms with van der Waals surface area (Å²) in [5.74, 6) is 1.75. The molecule has 2 N–H and O–H groups in total. The number of likely N-dealkylation sites (N-methyl/N-ethyl adjacent to an activating group) is 1. The second-order valence-electron chi connectivity index (χ2n) is 8.22. The molecule has 0 radical (unpaired) electrons. The van der Waals surface area contributed by atoms with Crippen molar-refractivity contribution < 1.29 is 9.47 Å². The van der Waals surface area contributed by atoms with E-state index in [0.29, 0.717) is 5.41 Å². The van der Waals surface area contributed by atoms with Crippen LogP contribution in [0.15, 0.2) is 29.3 Å². The molecule has 1 fully saturated rings. The minimum absolute atomic E-state index is 0. The van der Waals surface area contributed by atoms with Gasteiger partial charge in [-0.1, -0.05) is 25.0 Å². The van der Waals surface area contributed by atoms with Gasteiger partial charge in [0.15, 0.2) is 5.96 Å². The molecule has 0 saturated heterocycles. The monoisotopic (exact) mass is 532 g/mol. The molecule has 0 amide bonds. The molecule has 0 spiro atoms. The van der Waals surface area contributed by atoms with E-state index in [1.807, 2.05) is 19.2 Å². The van der Waals surface area contributed by atoms with E-state index in [9.17, 15) is 0 Å². The number of methoxy groups -OCH3 is 1. The molecule has 7 heteroatoms. The lowest BCUT2D eigenvalue weighted by Crippen LogP contribution is -2.45. The lowest BCUT2D eigenvalue weighted by Gasteiger charge is -2.31. The smallest absolute Gasteiger partial charge is 0.191 e. The highest BCUT2D eigenvalue weighted by atomic mass is 127. The van der Waals surface area contributed by atoms with E-state index < -0.39 is 0 Å². The minimum Gasteiger partial charge on any atom is -0.497 e. The highest BCUT2D eigenvalue weighted by Gasteiger charge is 2.33. The molecular weight excluding hydrogens is 491 g/mol. The first-order valence-electron chi connectivity index (χ1n) is 10.9. The Morgan fingerprint density at radius 1 is 1.23 bits per heavy atom. The van der Waals surface area contributed by atoms with Crippen LogP contribution in [0.3, 0.4) is 0 Å². The maximum Gasteiger partial charge on any atom is 0.191 e. The number of nitrogens with zero attached hydrogens (tertiary/aromatic N) is 2. The summed E-state index contributed by atoms with van der Waals surface area (Å²) in [6, 6.07) is 8.49. The van der Waals surface area contributed by atoms with Crippen LogP contribution in [-0.2, 0) is 4.74 Å². The largest absolute Gasteiger partial charge is 0.497 e. The maximum absolute atomic E-state index is 5.64. The maximum atomic E-state index is 5.64. The molecule has 2 rings (SSSR count). The molecule has 1 unspecified atom stereocenters. The molecule has 0 heterocycles. The van der Waals surface area contributed by atoms with Crippen molar-refractivity contribution in [3.63, 3.8) is 0 Å². The molecule has 1 atom stereocenters. The molecule has 1 saturated carbocycles. The molecule has 0 bridgehead atoms. The number of nitrogens with one attached hydrogen (secondary N) is 2. The molecule has 1 aromatic rings. The number of rotatable bonds is 11. The minimum atomic E-state index is 0. The number of ether oxygens (including phenoxy) is 2. The first-order chi connectivity index (χ1) is 14.0. The average Bonchev–Trinajstić information content (AvgIpc) is 3.19. The van der Waals surface area contributed by atoms with Gasteiger partial charge in [0.25, 0.3) is 0 Å². The average molecular weight is 533 g/mol. The van der Waals surface area contributed by atoms with Gasteiger partial charge in [0, 0.05) is 33.4 Å². The second-order valence-corrected chi connectivity index (χ2v) is 8.22. The fraction of sp³-hybridized carbons (Fsp3) is 0.696. The Bertz CT molecular complexity index is 633. The summed E-state index contributed by atoms with van der Waals surface area (Å²) in [5.41, 5.74) is 1.56. The standard InChI is InChI=1S/C23H40N4O2.HI/c1-6-29-15-14-23(12-7-8-13-23)18-26-22(24-2)25-17-21(27(3)4)19-10-9-11-20(16-19)28-5;/h9-11,16,21H,6-8,12-15,17-18H2,1-5H3,(H2,24,25,26);1H. The van der Waals surface area contributed by atoms with Crippen LogP contribution in [0.25, 0.3) is 0 Å². The number of benzene rings is 1. The van der Waals surface area contributed by atoms with Gasteiger partial charge >= 0.3 is 0 Å². The van der Waals surface area contributed by atoms with Crippen LogP contribution in [0.1, 0.15) is 50.6 Å². The predicted molar refractivity (Wildman–Crippen MR) is 136 cm³/mol. The molecule has 172 valence electrons. The van der Waals surface area contributed by atoms with Crippen LogP contribution in [-0.4, -0.2) is 65.4 Å². The fourth-order valence-electron chi connectivity index (χ4n) is 4.21. The molecule has 0 aliphatic heterocycles. The second kappa shape index (κ2) is 14.1. The molecule has 6 nitrogen and oxygen atoms in total. The van der Waals surface area contributed by atoms with Crippen molar-refractivity contribution in [3.8, 4) is 5.75 Å². The summed E-state index contributed by atoms with van der Waals surface area (Å²) >= 11 is 0. The van der Waals surface area contributed by atoms with Crippen LogP contribution in [0.2, 0.25) is 0 Å². The van der Waals surface area contributed by atoms with E-state index in [2.05, 4.69) is 53.7 Å². The first kappa shape index (κ1) is 27.0. The lowest BCUT2D eigenvalue weighted by molar-refractivity contribution is 0.105. The highest BCUT2D eigenvalue weighted by molar-refractivity contribution is 14.0. The molecular formula is C23H41IN4O2. The van der Waals surface area contributed by atoms with E-state index in [0.717, 1.165) is 44.4 Å².